The van der Waals surface area contributed by atoms with E-state index in [0.717, 1.165) is 5.56 Å². The summed E-state index contributed by atoms with van der Waals surface area (Å²) in [5.41, 5.74) is 11.7. The minimum absolute atomic E-state index is 0.360. The molecule has 4 heteroatoms. The molecule has 1 aromatic rings. The molecule has 0 spiro atoms. The predicted octanol–water partition coefficient (Wildman–Crippen LogP) is 2.04. The SMILES string of the molecule is CC(C)(N)C[C@@H](C(N)=O)c1ccc(Cl)cc1. The Morgan fingerprint density at radius 1 is 1.38 bits per heavy atom. The highest BCUT2D eigenvalue weighted by Crippen LogP contribution is 2.25. The smallest absolute Gasteiger partial charge is 0.225 e. The van der Waals surface area contributed by atoms with Gasteiger partial charge in [-0.2, -0.15) is 0 Å². The molecule has 4 N–H and O–H groups in total. The van der Waals surface area contributed by atoms with Crippen molar-refractivity contribution in [1.29, 1.82) is 0 Å². The van der Waals surface area contributed by atoms with Crippen LogP contribution in [0, 0.1) is 0 Å². The average molecular weight is 241 g/mol. The van der Waals surface area contributed by atoms with Gasteiger partial charge in [-0.05, 0) is 38.0 Å². The molecule has 88 valence electrons. The number of rotatable bonds is 4. The Hall–Kier alpha value is -1.06. The highest BCUT2D eigenvalue weighted by atomic mass is 35.5. The number of hydrogen-bond acceptors (Lipinski definition) is 2. The molecule has 0 aromatic heterocycles. The lowest BCUT2D eigenvalue weighted by molar-refractivity contribution is -0.119. The largest absolute Gasteiger partial charge is 0.369 e. The van der Waals surface area contributed by atoms with Gasteiger partial charge in [0.15, 0.2) is 0 Å². The molecule has 1 aromatic carbocycles. The van der Waals surface area contributed by atoms with Gasteiger partial charge in [0.05, 0.1) is 5.92 Å². The lowest BCUT2D eigenvalue weighted by Crippen LogP contribution is -2.37. The number of carbonyl (C=O) groups excluding carboxylic acids is 1. The normalized spacial score (nSPS) is 13.5. The van der Waals surface area contributed by atoms with E-state index in [-0.39, 0.29) is 11.8 Å². The molecule has 16 heavy (non-hydrogen) atoms. The van der Waals surface area contributed by atoms with Gasteiger partial charge < -0.3 is 11.5 Å². The summed E-state index contributed by atoms with van der Waals surface area (Å²) in [6.45, 7) is 3.75. The molecule has 0 heterocycles. The van der Waals surface area contributed by atoms with E-state index in [9.17, 15) is 4.79 Å². The maximum Gasteiger partial charge on any atom is 0.225 e. The second-order valence-corrected chi connectivity index (χ2v) is 5.14. The Labute approximate surface area is 101 Å². The third-order valence-corrected chi connectivity index (χ3v) is 2.60. The fraction of sp³-hybridized carbons (Fsp3) is 0.417. The zero-order valence-electron chi connectivity index (χ0n) is 9.53. The quantitative estimate of drug-likeness (QED) is 0.846. The molecular formula is C12H17ClN2O. The van der Waals surface area contributed by atoms with Gasteiger partial charge in [0, 0.05) is 10.6 Å². The number of nitrogens with two attached hydrogens (primary N) is 2. The maximum absolute atomic E-state index is 11.4. The molecule has 0 aliphatic carbocycles. The van der Waals surface area contributed by atoms with Crippen molar-refractivity contribution in [2.24, 2.45) is 11.5 Å². The zero-order valence-corrected chi connectivity index (χ0v) is 10.3. The van der Waals surface area contributed by atoms with Crippen molar-refractivity contribution in [1.82, 2.24) is 0 Å². The van der Waals surface area contributed by atoms with Crippen molar-refractivity contribution in [3.05, 3.63) is 34.9 Å². The lowest BCUT2D eigenvalue weighted by Gasteiger charge is -2.24. The van der Waals surface area contributed by atoms with Crippen LogP contribution in [0.1, 0.15) is 31.7 Å². The van der Waals surface area contributed by atoms with E-state index in [0.29, 0.717) is 11.4 Å². The van der Waals surface area contributed by atoms with Crippen molar-refractivity contribution in [3.8, 4) is 0 Å². The Morgan fingerprint density at radius 3 is 2.25 bits per heavy atom. The fourth-order valence-corrected chi connectivity index (χ4v) is 1.73. The third-order valence-electron chi connectivity index (χ3n) is 2.35. The van der Waals surface area contributed by atoms with Crippen LogP contribution in [0.2, 0.25) is 5.02 Å². The van der Waals surface area contributed by atoms with E-state index in [1.165, 1.54) is 0 Å². The van der Waals surface area contributed by atoms with E-state index in [1.54, 1.807) is 12.1 Å². The monoisotopic (exact) mass is 240 g/mol. The van der Waals surface area contributed by atoms with Crippen LogP contribution in [0.25, 0.3) is 0 Å². The van der Waals surface area contributed by atoms with Crippen molar-refractivity contribution in [2.75, 3.05) is 0 Å². The lowest BCUT2D eigenvalue weighted by atomic mass is 9.86. The van der Waals surface area contributed by atoms with E-state index < -0.39 is 5.54 Å². The second kappa shape index (κ2) is 4.85. The zero-order chi connectivity index (χ0) is 12.3. The molecular weight excluding hydrogens is 224 g/mol. The number of primary amides is 1. The van der Waals surface area contributed by atoms with Gasteiger partial charge in [-0.1, -0.05) is 23.7 Å². The molecule has 0 radical (unpaired) electrons. The molecule has 0 aliphatic heterocycles. The summed E-state index contributed by atoms with van der Waals surface area (Å²) < 4.78 is 0. The summed E-state index contributed by atoms with van der Waals surface area (Å²) >= 11 is 5.79. The van der Waals surface area contributed by atoms with Gasteiger partial charge in [0.1, 0.15) is 0 Å². The number of halogens is 1. The maximum atomic E-state index is 11.4. The number of amides is 1. The van der Waals surface area contributed by atoms with Crippen molar-refractivity contribution < 1.29 is 4.79 Å². The highest BCUT2D eigenvalue weighted by Gasteiger charge is 2.24. The summed E-state index contributed by atoms with van der Waals surface area (Å²) in [6.07, 6.45) is 0.518. The van der Waals surface area contributed by atoms with Crippen LogP contribution < -0.4 is 11.5 Å². The molecule has 0 aliphatic rings. The van der Waals surface area contributed by atoms with Gasteiger partial charge in [-0.15, -0.1) is 0 Å². The first-order valence-corrected chi connectivity index (χ1v) is 5.51. The predicted molar refractivity (Wildman–Crippen MR) is 66.3 cm³/mol. The van der Waals surface area contributed by atoms with Crippen LogP contribution in [0.15, 0.2) is 24.3 Å². The molecule has 0 saturated carbocycles. The molecule has 3 nitrogen and oxygen atoms in total. The van der Waals surface area contributed by atoms with E-state index in [1.807, 2.05) is 26.0 Å². The minimum atomic E-state index is -0.431. The summed E-state index contributed by atoms with van der Waals surface area (Å²) in [7, 11) is 0. The van der Waals surface area contributed by atoms with Gasteiger partial charge in [0.2, 0.25) is 5.91 Å². The van der Waals surface area contributed by atoms with Crippen LogP contribution in [-0.4, -0.2) is 11.4 Å². The summed E-state index contributed by atoms with van der Waals surface area (Å²) in [5, 5.41) is 0.638. The Kier molecular flexibility index (Phi) is 3.94. The van der Waals surface area contributed by atoms with E-state index in [4.69, 9.17) is 23.1 Å². The summed E-state index contributed by atoms with van der Waals surface area (Å²) in [5.74, 6) is -0.724. The minimum Gasteiger partial charge on any atom is -0.369 e. The first-order chi connectivity index (χ1) is 7.29. The molecule has 1 rings (SSSR count). The van der Waals surface area contributed by atoms with Crippen LogP contribution in [0.5, 0.6) is 0 Å². The van der Waals surface area contributed by atoms with Crippen LogP contribution in [-0.2, 0) is 4.79 Å². The first-order valence-electron chi connectivity index (χ1n) is 5.13. The van der Waals surface area contributed by atoms with Gasteiger partial charge in [-0.3, -0.25) is 4.79 Å². The topological polar surface area (TPSA) is 69.1 Å². The number of benzene rings is 1. The van der Waals surface area contributed by atoms with E-state index >= 15 is 0 Å². The van der Waals surface area contributed by atoms with Crippen LogP contribution in [0.4, 0.5) is 0 Å². The average Bonchev–Trinajstić information content (AvgIpc) is 2.14. The first kappa shape index (κ1) is 13.0. The van der Waals surface area contributed by atoms with Crippen molar-refractivity contribution in [2.45, 2.75) is 31.7 Å². The van der Waals surface area contributed by atoms with Gasteiger partial charge >= 0.3 is 0 Å². The second-order valence-electron chi connectivity index (χ2n) is 4.70. The summed E-state index contributed by atoms with van der Waals surface area (Å²) in [6, 6.07) is 7.11. The molecule has 0 bridgehead atoms. The molecule has 1 atom stereocenters. The van der Waals surface area contributed by atoms with Crippen LogP contribution in [0.3, 0.4) is 0 Å². The molecule has 0 unspecified atom stereocenters. The number of carbonyl (C=O) groups is 1. The standard InChI is InChI=1S/C12H17ClN2O/c1-12(2,15)7-10(11(14)16)8-3-5-9(13)6-4-8/h3-6,10H,7,15H2,1-2H3,(H2,14,16)/t10-/m1/s1. The Bertz CT molecular complexity index is 368. The van der Waals surface area contributed by atoms with Crippen molar-refractivity contribution >= 4 is 17.5 Å². The molecule has 0 fully saturated rings. The van der Waals surface area contributed by atoms with Gasteiger partial charge in [-0.25, -0.2) is 0 Å². The van der Waals surface area contributed by atoms with E-state index in [2.05, 4.69) is 0 Å². The molecule has 1 amide bonds. The Balaban J connectivity index is 2.94. The Morgan fingerprint density at radius 2 is 1.88 bits per heavy atom. The number of hydrogen-bond donors (Lipinski definition) is 2. The molecule has 0 saturated heterocycles. The summed E-state index contributed by atoms with van der Waals surface area (Å²) in [4.78, 5) is 11.4. The highest BCUT2D eigenvalue weighted by molar-refractivity contribution is 6.30. The fourth-order valence-electron chi connectivity index (χ4n) is 1.60. The van der Waals surface area contributed by atoms with Crippen molar-refractivity contribution in [3.63, 3.8) is 0 Å². The van der Waals surface area contributed by atoms with Gasteiger partial charge in [0.25, 0.3) is 0 Å². The van der Waals surface area contributed by atoms with Crippen LogP contribution >= 0.6 is 11.6 Å². The third kappa shape index (κ3) is 3.83.